The Labute approximate surface area is 145 Å². The second-order valence-corrected chi connectivity index (χ2v) is 6.58. The van der Waals surface area contributed by atoms with Crippen molar-refractivity contribution in [1.29, 1.82) is 0 Å². The first-order chi connectivity index (χ1) is 11.7. The topological polar surface area (TPSA) is 54.9 Å². The third-order valence-electron chi connectivity index (χ3n) is 3.65. The van der Waals surface area contributed by atoms with Gasteiger partial charge in [-0.3, -0.25) is 9.78 Å². The Hall–Kier alpha value is -2.53. The van der Waals surface area contributed by atoms with Crippen LogP contribution in [0, 0.1) is 6.92 Å². The molecular formula is C19H19N3OS. The van der Waals surface area contributed by atoms with E-state index in [0.717, 1.165) is 21.8 Å². The predicted octanol–water partition coefficient (Wildman–Crippen LogP) is 3.76. The molecule has 3 rings (SSSR count). The summed E-state index contributed by atoms with van der Waals surface area (Å²) in [5, 5.41) is 5.95. The van der Waals surface area contributed by atoms with Gasteiger partial charge in [0.2, 0.25) is 5.91 Å². The van der Waals surface area contributed by atoms with Crippen LogP contribution in [0.3, 0.4) is 0 Å². The fourth-order valence-corrected chi connectivity index (χ4v) is 3.21. The molecule has 0 atom stereocenters. The zero-order chi connectivity index (χ0) is 16.8. The van der Waals surface area contributed by atoms with Gasteiger partial charge in [-0.25, -0.2) is 4.98 Å². The minimum Gasteiger partial charge on any atom is -0.352 e. The van der Waals surface area contributed by atoms with Crippen LogP contribution in [0.2, 0.25) is 0 Å². The Bertz CT molecular complexity index is 814. The van der Waals surface area contributed by atoms with Crippen molar-refractivity contribution in [3.8, 4) is 11.3 Å². The molecule has 0 aliphatic heterocycles. The number of amides is 1. The highest BCUT2D eigenvalue weighted by Gasteiger charge is 2.07. The molecule has 0 aliphatic carbocycles. The number of pyridine rings is 1. The Morgan fingerprint density at radius 2 is 2.17 bits per heavy atom. The lowest BCUT2D eigenvalue weighted by molar-refractivity contribution is -0.121. The number of carbonyl (C=O) groups is 1. The first-order valence-corrected chi connectivity index (χ1v) is 8.76. The summed E-state index contributed by atoms with van der Waals surface area (Å²) in [7, 11) is 0. The molecule has 24 heavy (non-hydrogen) atoms. The van der Waals surface area contributed by atoms with E-state index in [9.17, 15) is 4.79 Å². The summed E-state index contributed by atoms with van der Waals surface area (Å²) in [5.41, 5.74) is 4.25. The van der Waals surface area contributed by atoms with Crippen LogP contribution in [-0.4, -0.2) is 15.9 Å². The second-order valence-electron chi connectivity index (χ2n) is 5.63. The van der Waals surface area contributed by atoms with E-state index in [2.05, 4.69) is 21.4 Å². The molecule has 0 bridgehead atoms. The van der Waals surface area contributed by atoms with Crippen LogP contribution in [0.4, 0.5) is 0 Å². The average molecular weight is 337 g/mol. The van der Waals surface area contributed by atoms with E-state index in [1.54, 1.807) is 23.7 Å². The normalized spacial score (nSPS) is 10.5. The van der Waals surface area contributed by atoms with Gasteiger partial charge < -0.3 is 5.32 Å². The largest absolute Gasteiger partial charge is 0.352 e. The molecule has 122 valence electrons. The van der Waals surface area contributed by atoms with Crippen molar-refractivity contribution in [2.45, 2.75) is 26.3 Å². The average Bonchev–Trinajstić information content (AvgIpc) is 3.08. The van der Waals surface area contributed by atoms with Gasteiger partial charge in [0.05, 0.1) is 10.7 Å². The smallest absolute Gasteiger partial charge is 0.220 e. The zero-order valence-electron chi connectivity index (χ0n) is 13.5. The monoisotopic (exact) mass is 337 g/mol. The van der Waals surface area contributed by atoms with Crippen molar-refractivity contribution < 1.29 is 4.79 Å². The quantitative estimate of drug-likeness (QED) is 0.745. The molecule has 0 radical (unpaired) electrons. The van der Waals surface area contributed by atoms with Crippen molar-refractivity contribution in [3.05, 3.63) is 70.3 Å². The minimum absolute atomic E-state index is 0.0506. The summed E-state index contributed by atoms with van der Waals surface area (Å²) in [6.45, 7) is 2.62. The van der Waals surface area contributed by atoms with E-state index in [1.165, 1.54) is 5.56 Å². The molecule has 0 saturated carbocycles. The molecule has 0 fully saturated rings. The molecular weight excluding hydrogens is 318 g/mol. The predicted molar refractivity (Wildman–Crippen MR) is 96.7 cm³/mol. The summed E-state index contributed by atoms with van der Waals surface area (Å²) in [6.07, 6.45) is 4.65. The summed E-state index contributed by atoms with van der Waals surface area (Å²) in [4.78, 5) is 20.7. The van der Waals surface area contributed by atoms with E-state index in [-0.39, 0.29) is 5.91 Å². The number of hydrogen-bond donors (Lipinski definition) is 1. The fraction of sp³-hybridized carbons (Fsp3) is 0.211. The van der Waals surface area contributed by atoms with Crippen LogP contribution >= 0.6 is 11.3 Å². The summed E-state index contributed by atoms with van der Waals surface area (Å²) in [6, 6.07) is 12.0. The van der Waals surface area contributed by atoms with Crippen LogP contribution in [0.15, 0.2) is 54.2 Å². The lowest BCUT2D eigenvalue weighted by atomic mass is 10.1. The highest BCUT2D eigenvalue weighted by atomic mass is 32.1. The minimum atomic E-state index is 0.0506. The van der Waals surface area contributed by atoms with E-state index in [1.807, 2.05) is 42.6 Å². The number of hydrogen-bond acceptors (Lipinski definition) is 4. The Morgan fingerprint density at radius 1 is 1.25 bits per heavy atom. The lowest BCUT2D eigenvalue weighted by Gasteiger charge is -2.05. The Kier molecular flexibility index (Phi) is 5.33. The molecule has 0 unspecified atom stereocenters. The number of aryl methyl sites for hydroxylation is 2. The zero-order valence-corrected chi connectivity index (χ0v) is 14.3. The third-order valence-corrected chi connectivity index (χ3v) is 4.56. The van der Waals surface area contributed by atoms with Crippen LogP contribution in [0.1, 0.15) is 22.6 Å². The number of benzene rings is 1. The second kappa shape index (κ2) is 7.84. The van der Waals surface area contributed by atoms with Gasteiger partial charge in [0, 0.05) is 42.7 Å². The fourth-order valence-electron chi connectivity index (χ4n) is 2.40. The van der Waals surface area contributed by atoms with Gasteiger partial charge >= 0.3 is 0 Å². The summed E-state index contributed by atoms with van der Waals surface area (Å²) < 4.78 is 0. The van der Waals surface area contributed by atoms with Crippen molar-refractivity contribution in [3.63, 3.8) is 0 Å². The molecule has 5 heteroatoms. The highest BCUT2D eigenvalue weighted by molar-refractivity contribution is 7.09. The SMILES string of the molecule is Cc1cccc(CNC(=O)CCc2nc(-c3cccnc3)cs2)c1. The third kappa shape index (κ3) is 4.49. The number of rotatable bonds is 6. The molecule has 1 aromatic carbocycles. The molecule has 0 saturated heterocycles. The van der Waals surface area contributed by atoms with Gasteiger partial charge in [0.25, 0.3) is 0 Å². The maximum atomic E-state index is 12.0. The molecule has 0 spiro atoms. The molecule has 3 aromatic rings. The van der Waals surface area contributed by atoms with Crippen LogP contribution in [0.5, 0.6) is 0 Å². The molecule has 1 N–H and O–H groups in total. The number of carbonyl (C=O) groups excluding carboxylic acids is 1. The number of nitrogens with one attached hydrogen (secondary N) is 1. The van der Waals surface area contributed by atoms with Gasteiger partial charge in [-0.15, -0.1) is 11.3 Å². The number of aromatic nitrogens is 2. The van der Waals surface area contributed by atoms with Crippen molar-refractivity contribution in [2.75, 3.05) is 0 Å². The van der Waals surface area contributed by atoms with Crippen LogP contribution < -0.4 is 5.32 Å². The number of nitrogens with zero attached hydrogens (tertiary/aromatic N) is 2. The van der Waals surface area contributed by atoms with Crippen LogP contribution in [-0.2, 0) is 17.8 Å². The maximum Gasteiger partial charge on any atom is 0.220 e. The summed E-state index contributed by atoms with van der Waals surface area (Å²) >= 11 is 1.58. The van der Waals surface area contributed by atoms with Crippen molar-refractivity contribution in [2.24, 2.45) is 0 Å². The summed E-state index contributed by atoms with van der Waals surface area (Å²) in [5.74, 6) is 0.0506. The Morgan fingerprint density at radius 3 is 2.96 bits per heavy atom. The van der Waals surface area contributed by atoms with E-state index < -0.39 is 0 Å². The van der Waals surface area contributed by atoms with Gasteiger partial charge in [0.15, 0.2) is 0 Å². The van der Waals surface area contributed by atoms with E-state index >= 15 is 0 Å². The van der Waals surface area contributed by atoms with Gasteiger partial charge in [0.1, 0.15) is 0 Å². The molecule has 2 aromatic heterocycles. The first kappa shape index (κ1) is 16.3. The van der Waals surface area contributed by atoms with E-state index in [0.29, 0.717) is 19.4 Å². The maximum absolute atomic E-state index is 12.0. The highest BCUT2D eigenvalue weighted by Crippen LogP contribution is 2.21. The van der Waals surface area contributed by atoms with Crippen molar-refractivity contribution >= 4 is 17.2 Å². The standard InChI is InChI=1S/C19H19N3OS/c1-14-4-2-5-15(10-14)11-21-18(23)7-8-19-22-17(13-24-19)16-6-3-9-20-12-16/h2-6,9-10,12-13H,7-8,11H2,1H3,(H,21,23). The molecule has 0 aliphatic rings. The lowest BCUT2D eigenvalue weighted by Crippen LogP contribution is -2.23. The molecule has 2 heterocycles. The van der Waals surface area contributed by atoms with Gasteiger partial charge in [-0.1, -0.05) is 29.8 Å². The number of thiazole rings is 1. The Balaban J connectivity index is 1.49. The first-order valence-electron chi connectivity index (χ1n) is 7.88. The van der Waals surface area contributed by atoms with Gasteiger partial charge in [-0.05, 0) is 24.6 Å². The van der Waals surface area contributed by atoms with Gasteiger partial charge in [-0.2, -0.15) is 0 Å². The molecule has 4 nitrogen and oxygen atoms in total. The molecule has 1 amide bonds. The van der Waals surface area contributed by atoms with E-state index in [4.69, 9.17) is 0 Å². The van der Waals surface area contributed by atoms with Crippen LogP contribution in [0.25, 0.3) is 11.3 Å². The van der Waals surface area contributed by atoms with Crippen molar-refractivity contribution in [1.82, 2.24) is 15.3 Å².